The van der Waals surface area contributed by atoms with Gasteiger partial charge < -0.3 is 14.8 Å². The smallest absolute Gasteiger partial charge is 0.282 e. The SMILES string of the molecule is COc1cc(OC)cc(N2C(=O)C(Nc3cccc(Cl)c3C)=C(c3ccccc3)C2=O)c1. The lowest BCUT2D eigenvalue weighted by Gasteiger charge is -2.18. The molecule has 0 saturated heterocycles. The van der Waals surface area contributed by atoms with Crippen molar-refractivity contribution in [2.45, 2.75) is 6.92 Å². The maximum absolute atomic E-state index is 13.6. The van der Waals surface area contributed by atoms with Gasteiger partial charge in [-0.1, -0.05) is 48.0 Å². The zero-order chi connectivity index (χ0) is 22.8. The molecule has 0 aliphatic carbocycles. The lowest BCUT2D eigenvalue weighted by Crippen LogP contribution is -2.32. The number of imide groups is 1. The standard InChI is InChI=1S/C25H21ClN2O4/c1-15-20(26)10-7-11-21(15)27-23-22(16-8-5-4-6-9-16)24(29)28(25(23)30)17-12-18(31-2)14-19(13-17)32-3/h4-14,27H,1-3H3. The minimum Gasteiger partial charge on any atom is -0.497 e. The number of anilines is 2. The van der Waals surface area contributed by atoms with Gasteiger partial charge in [-0.2, -0.15) is 0 Å². The maximum Gasteiger partial charge on any atom is 0.282 e. The number of halogens is 1. The molecule has 162 valence electrons. The van der Waals surface area contributed by atoms with Gasteiger partial charge in [-0.05, 0) is 30.2 Å². The van der Waals surface area contributed by atoms with Crippen LogP contribution in [0.5, 0.6) is 11.5 Å². The molecule has 3 aromatic rings. The van der Waals surface area contributed by atoms with Crippen LogP contribution in [0.25, 0.3) is 5.57 Å². The Balaban J connectivity index is 1.85. The Morgan fingerprint density at radius 3 is 2.12 bits per heavy atom. The van der Waals surface area contributed by atoms with E-state index in [0.29, 0.717) is 33.5 Å². The van der Waals surface area contributed by atoms with E-state index in [4.69, 9.17) is 21.1 Å². The Hall–Kier alpha value is -3.77. The number of methoxy groups -OCH3 is 2. The minimum atomic E-state index is -0.483. The quantitative estimate of drug-likeness (QED) is 0.534. The topological polar surface area (TPSA) is 67.9 Å². The molecule has 0 unspecified atom stereocenters. The highest BCUT2D eigenvalue weighted by molar-refractivity contribution is 6.46. The van der Waals surface area contributed by atoms with E-state index < -0.39 is 11.8 Å². The van der Waals surface area contributed by atoms with Crippen molar-refractivity contribution in [2.24, 2.45) is 0 Å². The van der Waals surface area contributed by atoms with Crippen LogP contribution in [0.2, 0.25) is 5.02 Å². The van der Waals surface area contributed by atoms with Crippen molar-refractivity contribution in [3.05, 3.63) is 88.6 Å². The molecule has 0 aromatic heterocycles. The van der Waals surface area contributed by atoms with Crippen LogP contribution >= 0.6 is 11.6 Å². The Bertz CT molecular complexity index is 1220. The second kappa shape index (κ2) is 8.77. The number of amides is 2. The van der Waals surface area contributed by atoms with Crippen molar-refractivity contribution in [3.63, 3.8) is 0 Å². The van der Waals surface area contributed by atoms with Crippen LogP contribution < -0.4 is 19.7 Å². The van der Waals surface area contributed by atoms with Gasteiger partial charge in [0.05, 0.1) is 25.5 Å². The second-order valence-electron chi connectivity index (χ2n) is 7.17. The van der Waals surface area contributed by atoms with Crippen molar-refractivity contribution in [1.82, 2.24) is 0 Å². The summed E-state index contributed by atoms with van der Waals surface area (Å²) in [5.41, 5.74) is 2.85. The molecular weight excluding hydrogens is 428 g/mol. The third-order valence-corrected chi connectivity index (χ3v) is 5.68. The number of carbonyl (C=O) groups is 2. The number of carbonyl (C=O) groups excluding carboxylic acids is 2. The molecule has 1 heterocycles. The van der Waals surface area contributed by atoms with E-state index in [0.717, 1.165) is 10.5 Å². The van der Waals surface area contributed by atoms with Gasteiger partial charge in [0.15, 0.2) is 0 Å². The second-order valence-corrected chi connectivity index (χ2v) is 7.58. The van der Waals surface area contributed by atoms with Gasteiger partial charge in [0, 0.05) is 28.9 Å². The Morgan fingerprint density at radius 1 is 0.844 bits per heavy atom. The molecule has 0 saturated carbocycles. The summed E-state index contributed by atoms with van der Waals surface area (Å²) in [7, 11) is 3.02. The molecule has 0 spiro atoms. The van der Waals surface area contributed by atoms with Gasteiger partial charge in [-0.15, -0.1) is 0 Å². The van der Waals surface area contributed by atoms with E-state index >= 15 is 0 Å². The molecule has 32 heavy (non-hydrogen) atoms. The molecule has 1 N–H and O–H groups in total. The predicted octanol–water partition coefficient (Wildman–Crippen LogP) is 5.06. The Labute approximate surface area is 191 Å². The number of benzene rings is 3. The zero-order valence-electron chi connectivity index (χ0n) is 17.8. The molecule has 0 atom stereocenters. The molecule has 1 aliphatic heterocycles. The summed E-state index contributed by atoms with van der Waals surface area (Å²) in [6.07, 6.45) is 0. The first-order valence-corrected chi connectivity index (χ1v) is 10.3. The predicted molar refractivity (Wildman–Crippen MR) is 125 cm³/mol. The lowest BCUT2D eigenvalue weighted by atomic mass is 10.0. The molecule has 1 aliphatic rings. The summed E-state index contributed by atoms with van der Waals surface area (Å²) in [6, 6.07) is 19.4. The molecule has 0 radical (unpaired) electrons. The van der Waals surface area contributed by atoms with Gasteiger partial charge in [0.2, 0.25) is 0 Å². The van der Waals surface area contributed by atoms with Gasteiger partial charge in [-0.25, -0.2) is 4.90 Å². The van der Waals surface area contributed by atoms with Gasteiger partial charge in [-0.3, -0.25) is 9.59 Å². The fourth-order valence-corrected chi connectivity index (χ4v) is 3.73. The van der Waals surface area contributed by atoms with Crippen molar-refractivity contribution in [2.75, 3.05) is 24.4 Å². The number of hydrogen-bond donors (Lipinski definition) is 1. The molecule has 6 nitrogen and oxygen atoms in total. The summed E-state index contributed by atoms with van der Waals surface area (Å²) in [5.74, 6) is 0.00355. The van der Waals surface area contributed by atoms with Crippen LogP contribution in [0.3, 0.4) is 0 Å². The molecule has 2 amide bonds. The highest BCUT2D eigenvalue weighted by Crippen LogP contribution is 2.37. The lowest BCUT2D eigenvalue weighted by molar-refractivity contribution is -0.120. The Kier molecular flexibility index (Phi) is 5.88. The van der Waals surface area contributed by atoms with Gasteiger partial charge >= 0.3 is 0 Å². The number of rotatable bonds is 6. The van der Waals surface area contributed by atoms with Crippen LogP contribution in [0, 0.1) is 6.92 Å². The molecule has 4 rings (SSSR count). The third kappa shape index (κ3) is 3.81. The van der Waals surface area contributed by atoms with Crippen LogP contribution in [0.1, 0.15) is 11.1 Å². The first kappa shape index (κ1) is 21.5. The van der Waals surface area contributed by atoms with E-state index in [1.54, 1.807) is 42.5 Å². The minimum absolute atomic E-state index is 0.174. The first-order chi connectivity index (χ1) is 15.4. The summed E-state index contributed by atoms with van der Waals surface area (Å²) in [6.45, 7) is 1.85. The van der Waals surface area contributed by atoms with Crippen LogP contribution in [0.4, 0.5) is 11.4 Å². The summed E-state index contributed by atoms with van der Waals surface area (Å²) in [4.78, 5) is 28.3. The molecule has 0 bridgehead atoms. The molecular formula is C25H21ClN2O4. The largest absolute Gasteiger partial charge is 0.497 e. The van der Waals surface area contributed by atoms with Crippen molar-refractivity contribution < 1.29 is 19.1 Å². The van der Waals surface area contributed by atoms with Crippen molar-refractivity contribution in [1.29, 1.82) is 0 Å². The third-order valence-electron chi connectivity index (χ3n) is 5.27. The van der Waals surface area contributed by atoms with Gasteiger partial charge in [0.1, 0.15) is 17.2 Å². The Morgan fingerprint density at radius 2 is 1.50 bits per heavy atom. The van der Waals surface area contributed by atoms with E-state index in [2.05, 4.69) is 5.32 Å². The highest BCUT2D eigenvalue weighted by atomic mass is 35.5. The average molecular weight is 449 g/mol. The van der Waals surface area contributed by atoms with Crippen molar-refractivity contribution >= 4 is 40.4 Å². The van der Waals surface area contributed by atoms with E-state index in [-0.39, 0.29) is 11.3 Å². The van der Waals surface area contributed by atoms with Crippen LogP contribution in [0.15, 0.2) is 72.4 Å². The first-order valence-electron chi connectivity index (χ1n) is 9.88. The number of hydrogen-bond acceptors (Lipinski definition) is 5. The van der Waals surface area contributed by atoms with Crippen LogP contribution in [-0.2, 0) is 9.59 Å². The molecule has 0 fully saturated rings. The van der Waals surface area contributed by atoms with E-state index in [1.807, 2.05) is 31.2 Å². The van der Waals surface area contributed by atoms with E-state index in [9.17, 15) is 9.59 Å². The average Bonchev–Trinajstić information content (AvgIpc) is 3.06. The number of nitrogens with one attached hydrogen (secondary N) is 1. The van der Waals surface area contributed by atoms with Gasteiger partial charge in [0.25, 0.3) is 11.8 Å². The molecule has 7 heteroatoms. The highest BCUT2D eigenvalue weighted by Gasteiger charge is 2.40. The fourth-order valence-electron chi connectivity index (χ4n) is 3.55. The zero-order valence-corrected chi connectivity index (χ0v) is 18.6. The van der Waals surface area contributed by atoms with E-state index in [1.165, 1.54) is 14.2 Å². The summed E-state index contributed by atoms with van der Waals surface area (Å²) < 4.78 is 10.6. The normalized spacial score (nSPS) is 13.6. The summed E-state index contributed by atoms with van der Waals surface area (Å²) >= 11 is 6.26. The number of ether oxygens (including phenoxy) is 2. The maximum atomic E-state index is 13.6. The summed E-state index contributed by atoms with van der Waals surface area (Å²) in [5, 5.41) is 3.71. The van der Waals surface area contributed by atoms with Crippen molar-refractivity contribution in [3.8, 4) is 11.5 Å². The van der Waals surface area contributed by atoms with Crippen LogP contribution in [-0.4, -0.2) is 26.0 Å². The number of nitrogens with zero attached hydrogens (tertiary/aromatic N) is 1. The molecule has 3 aromatic carbocycles. The monoisotopic (exact) mass is 448 g/mol. The fraction of sp³-hybridized carbons (Fsp3) is 0.120.